The number of hydrogen-bond acceptors (Lipinski definition) is 5. The Labute approximate surface area is 180 Å². The summed E-state index contributed by atoms with van der Waals surface area (Å²) in [5.74, 6) is -0.553. The first-order chi connectivity index (χ1) is 14.6. The van der Waals surface area contributed by atoms with E-state index >= 15 is 0 Å². The van der Waals surface area contributed by atoms with Gasteiger partial charge in [-0.3, -0.25) is 15.1 Å². The predicted molar refractivity (Wildman–Crippen MR) is 110 cm³/mol. The molecule has 7 nitrogen and oxygen atoms in total. The molecule has 2 fully saturated rings. The Bertz CT molecular complexity index is 1020. The molecule has 1 aliphatic carbocycles. The van der Waals surface area contributed by atoms with Gasteiger partial charge in [-0.1, -0.05) is 17.8 Å². The van der Waals surface area contributed by atoms with Crippen LogP contribution in [-0.4, -0.2) is 45.6 Å². The first kappa shape index (κ1) is 21.5. The second-order valence-electron chi connectivity index (χ2n) is 7.98. The number of rotatable bonds is 4. The fourth-order valence-corrected chi connectivity index (χ4v) is 5.19. The lowest BCUT2D eigenvalue weighted by Crippen LogP contribution is -2.48. The monoisotopic (exact) mass is 453 g/mol. The molecule has 2 aromatic heterocycles. The number of nitrogens with one attached hydrogen (secondary N) is 1. The molecule has 1 saturated carbocycles. The summed E-state index contributed by atoms with van der Waals surface area (Å²) in [6, 6.07) is 2.00. The third kappa shape index (κ3) is 3.75. The number of nitrogens with two attached hydrogens (primary N) is 1. The molecule has 2 aromatic rings. The second-order valence-corrected chi connectivity index (χ2v) is 8.98. The minimum atomic E-state index is -4.36. The van der Waals surface area contributed by atoms with Crippen LogP contribution in [0.3, 0.4) is 0 Å². The van der Waals surface area contributed by atoms with Crippen LogP contribution in [0.5, 0.6) is 0 Å². The maximum absolute atomic E-state index is 13.7. The van der Waals surface area contributed by atoms with Crippen molar-refractivity contribution in [2.45, 2.75) is 56.7 Å². The molecule has 1 saturated heterocycles. The second kappa shape index (κ2) is 7.77. The summed E-state index contributed by atoms with van der Waals surface area (Å²) in [7, 11) is 0. The number of carbonyl (C=O) groups excluding carboxylic acids is 2. The first-order valence-corrected chi connectivity index (χ1v) is 10.8. The molecule has 1 aliphatic heterocycles. The third-order valence-corrected chi connectivity index (χ3v) is 7.24. The molecule has 166 valence electrons. The van der Waals surface area contributed by atoms with Gasteiger partial charge in [0.25, 0.3) is 0 Å². The van der Waals surface area contributed by atoms with Crippen LogP contribution in [0.25, 0.3) is 10.4 Å². The molecule has 4 rings (SSSR count). The summed E-state index contributed by atoms with van der Waals surface area (Å²) >= 11 is 1.17. The van der Waals surface area contributed by atoms with Crippen molar-refractivity contribution in [2.24, 2.45) is 5.73 Å². The van der Waals surface area contributed by atoms with E-state index in [4.69, 9.17) is 5.73 Å². The number of alkyl halides is 3. The summed E-state index contributed by atoms with van der Waals surface area (Å²) in [4.78, 5) is 34.5. The van der Waals surface area contributed by atoms with Crippen LogP contribution in [0.15, 0.2) is 18.3 Å². The smallest absolute Gasteiger partial charge is 0.368 e. The quantitative estimate of drug-likeness (QED) is 0.731. The van der Waals surface area contributed by atoms with E-state index < -0.39 is 29.6 Å². The molecule has 0 aromatic carbocycles. The highest BCUT2D eigenvalue weighted by molar-refractivity contribution is 7.19. The number of urea groups is 1. The number of primary amides is 1. The Morgan fingerprint density at radius 2 is 2.06 bits per heavy atom. The van der Waals surface area contributed by atoms with E-state index in [0.29, 0.717) is 47.1 Å². The van der Waals surface area contributed by atoms with Crippen LogP contribution in [0.1, 0.15) is 43.5 Å². The van der Waals surface area contributed by atoms with Crippen molar-refractivity contribution in [1.82, 2.24) is 14.9 Å². The Kier molecular flexibility index (Phi) is 5.40. The standard InChI is InChI=1S/C20H22F3N5O2S/c1-11-15(12-5-8-25-14(10-12)19(6-3-7-19)20(21,22)23)31-17(26-11)27-18(30)28-9-2-4-13(28)16(24)29/h5,8,10,13H,2-4,6-7,9H2,1H3,(H2,24,29)(H,26,27,30)/t13-/m0/s1. The lowest BCUT2D eigenvalue weighted by Gasteiger charge is -2.42. The van der Waals surface area contributed by atoms with Gasteiger partial charge in [0.05, 0.1) is 16.3 Å². The van der Waals surface area contributed by atoms with E-state index in [9.17, 15) is 22.8 Å². The van der Waals surface area contributed by atoms with Crippen molar-refractivity contribution in [3.63, 3.8) is 0 Å². The largest absolute Gasteiger partial charge is 0.399 e. The van der Waals surface area contributed by atoms with E-state index in [-0.39, 0.29) is 18.5 Å². The van der Waals surface area contributed by atoms with Crippen LogP contribution in [0.2, 0.25) is 0 Å². The van der Waals surface area contributed by atoms with Crippen LogP contribution in [-0.2, 0) is 10.2 Å². The average Bonchev–Trinajstić information content (AvgIpc) is 3.26. The molecule has 3 N–H and O–H groups in total. The SMILES string of the molecule is Cc1nc(NC(=O)N2CCC[C@H]2C(N)=O)sc1-c1ccnc(C2(C(F)(F)F)CCC2)c1. The van der Waals surface area contributed by atoms with Gasteiger partial charge in [0.1, 0.15) is 11.5 Å². The summed E-state index contributed by atoms with van der Waals surface area (Å²) in [6.07, 6.45) is -1.18. The molecule has 0 spiro atoms. The molecule has 0 bridgehead atoms. The number of anilines is 1. The maximum Gasteiger partial charge on any atom is 0.399 e. The number of thiazole rings is 1. The molecular formula is C20H22F3N5O2S. The van der Waals surface area contributed by atoms with E-state index in [2.05, 4.69) is 15.3 Å². The molecule has 11 heteroatoms. The Morgan fingerprint density at radius 1 is 1.32 bits per heavy atom. The molecule has 0 unspecified atom stereocenters. The number of carbonyl (C=O) groups is 2. The van der Waals surface area contributed by atoms with E-state index in [1.165, 1.54) is 28.5 Å². The number of likely N-dealkylation sites (tertiary alicyclic amines) is 1. The van der Waals surface area contributed by atoms with Gasteiger partial charge < -0.3 is 10.6 Å². The fraction of sp³-hybridized carbons (Fsp3) is 0.500. The van der Waals surface area contributed by atoms with Gasteiger partial charge in [0, 0.05) is 12.7 Å². The normalized spacial score (nSPS) is 20.4. The summed E-state index contributed by atoms with van der Waals surface area (Å²) in [5, 5.41) is 2.99. The topological polar surface area (TPSA) is 101 Å². The van der Waals surface area contributed by atoms with Crippen molar-refractivity contribution in [3.8, 4) is 10.4 Å². The molecule has 2 aliphatic rings. The summed E-state index contributed by atoms with van der Waals surface area (Å²) in [5.41, 5.74) is 4.65. The van der Waals surface area contributed by atoms with E-state index in [0.717, 1.165) is 0 Å². The highest BCUT2D eigenvalue weighted by atomic mass is 32.1. The van der Waals surface area contributed by atoms with Gasteiger partial charge in [-0.15, -0.1) is 0 Å². The number of aromatic nitrogens is 2. The van der Waals surface area contributed by atoms with Gasteiger partial charge in [-0.25, -0.2) is 9.78 Å². The highest BCUT2D eigenvalue weighted by Crippen LogP contribution is 2.54. The maximum atomic E-state index is 13.7. The van der Waals surface area contributed by atoms with Gasteiger partial charge in [-0.2, -0.15) is 13.2 Å². The van der Waals surface area contributed by atoms with Gasteiger partial charge in [0.2, 0.25) is 5.91 Å². The van der Waals surface area contributed by atoms with Crippen molar-refractivity contribution < 1.29 is 22.8 Å². The fourth-order valence-electron chi connectivity index (χ4n) is 4.24. The summed E-state index contributed by atoms with van der Waals surface area (Å²) in [6.45, 7) is 2.15. The Hall–Kier alpha value is -2.69. The molecule has 31 heavy (non-hydrogen) atoms. The van der Waals surface area contributed by atoms with Crippen molar-refractivity contribution in [1.29, 1.82) is 0 Å². The number of halogens is 3. The van der Waals surface area contributed by atoms with E-state index in [1.807, 2.05) is 0 Å². The molecule has 3 heterocycles. The third-order valence-electron chi connectivity index (χ3n) is 6.11. The summed E-state index contributed by atoms with van der Waals surface area (Å²) < 4.78 is 41.1. The number of amides is 3. The van der Waals surface area contributed by atoms with Gasteiger partial charge >= 0.3 is 12.2 Å². The lowest BCUT2D eigenvalue weighted by molar-refractivity contribution is -0.214. The zero-order valence-electron chi connectivity index (χ0n) is 16.8. The van der Waals surface area contributed by atoms with Crippen molar-refractivity contribution in [3.05, 3.63) is 29.7 Å². The predicted octanol–water partition coefficient (Wildman–Crippen LogP) is 3.98. The minimum absolute atomic E-state index is 0.0171. The van der Waals surface area contributed by atoms with Crippen molar-refractivity contribution >= 4 is 28.4 Å². The van der Waals surface area contributed by atoms with Crippen LogP contribution in [0.4, 0.5) is 23.1 Å². The Morgan fingerprint density at radius 3 is 2.68 bits per heavy atom. The molecule has 0 radical (unpaired) electrons. The Balaban J connectivity index is 1.57. The lowest BCUT2D eigenvalue weighted by atomic mass is 9.65. The number of aryl methyl sites for hydroxylation is 1. The number of pyridine rings is 1. The van der Waals surface area contributed by atoms with E-state index in [1.54, 1.807) is 13.0 Å². The molecular weight excluding hydrogens is 431 g/mol. The highest BCUT2D eigenvalue weighted by Gasteiger charge is 2.60. The van der Waals surface area contributed by atoms with Gasteiger partial charge in [-0.05, 0) is 50.3 Å². The number of nitrogens with zero attached hydrogens (tertiary/aromatic N) is 3. The first-order valence-electron chi connectivity index (χ1n) is 10.0. The van der Waals surface area contributed by atoms with Crippen LogP contribution in [0, 0.1) is 6.92 Å². The van der Waals surface area contributed by atoms with Gasteiger partial charge in [0.15, 0.2) is 5.13 Å². The minimum Gasteiger partial charge on any atom is -0.368 e. The molecule has 1 atom stereocenters. The van der Waals surface area contributed by atoms with Crippen LogP contribution < -0.4 is 11.1 Å². The molecule has 3 amide bonds. The number of hydrogen-bond donors (Lipinski definition) is 2. The average molecular weight is 453 g/mol. The zero-order valence-corrected chi connectivity index (χ0v) is 17.6. The van der Waals surface area contributed by atoms with Crippen molar-refractivity contribution in [2.75, 3.05) is 11.9 Å². The zero-order chi connectivity index (χ0) is 22.4. The van der Waals surface area contributed by atoms with Crippen LogP contribution >= 0.6 is 11.3 Å².